The van der Waals surface area contributed by atoms with Crippen LogP contribution in [0.5, 0.6) is 0 Å². The molecule has 0 aliphatic carbocycles. The van der Waals surface area contributed by atoms with Crippen LogP contribution in [0.15, 0.2) is 114 Å². The summed E-state index contributed by atoms with van der Waals surface area (Å²) in [5.74, 6) is -0.903. The summed E-state index contributed by atoms with van der Waals surface area (Å²) in [6, 6.07) is 31.7. The first-order chi connectivity index (χ1) is 17.0. The van der Waals surface area contributed by atoms with Crippen molar-refractivity contribution in [2.75, 3.05) is 0 Å². The van der Waals surface area contributed by atoms with Gasteiger partial charge in [-0.2, -0.15) is 0 Å². The molecule has 0 saturated carbocycles. The van der Waals surface area contributed by atoms with Gasteiger partial charge in [-0.05, 0) is 23.8 Å². The molecule has 35 heavy (non-hydrogen) atoms. The zero-order valence-electron chi connectivity index (χ0n) is 18.6. The number of benzene rings is 4. The molecule has 1 aromatic heterocycles. The van der Waals surface area contributed by atoms with Gasteiger partial charge in [0.1, 0.15) is 0 Å². The molecule has 0 aliphatic heterocycles. The Morgan fingerprint density at radius 1 is 0.657 bits per heavy atom. The Bertz CT molecular complexity index is 1610. The van der Waals surface area contributed by atoms with Gasteiger partial charge in [-0.1, -0.05) is 103 Å². The molecule has 0 aliphatic rings. The number of fused-ring (bicyclic) bond motifs is 1. The third-order valence-corrected chi connectivity index (χ3v) is 6.17. The summed E-state index contributed by atoms with van der Waals surface area (Å²) in [5, 5.41) is 0.865. The lowest BCUT2D eigenvalue weighted by Crippen LogP contribution is -2.31. The Morgan fingerprint density at radius 2 is 1.17 bits per heavy atom. The Hall–Kier alpha value is -4.28. The van der Waals surface area contributed by atoms with Crippen molar-refractivity contribution in [1.29, 1.82) is 0 Å². The first-order valence-electron chi connectivity index (χ1n) is 11.1. The zero-order valence-corrected chi connectivity index (χ0v) is 19.4. The van der Waals surface area contributed by atoms with E-state index in [1.165, 1.54) is 0 Å². The number of rotatable bonds is 6. The molecule has 0 radical (unpaired) electrons. The molecule has 0 spiro atoms. The molecule has 0 fully saturated rings. The molecule has 0 amide bonds. The van der Waals surface area contributed by atoms with Crippen molar-refractivity contribution < 1.29 is 9.59 Å². The second-order valence-corrected chi connectivity index (χ2v) is 8.62. The van der Waals surface area contributed by atoms with Gasteiger partial charge in [0.05, 0.1) is 17.6 Å². The molecule has 0 unspecified atom stereocenters. The number of hydrogen-bond acceptors (Lipinski definition) is 3. The maximum absolute atomic E-state index is 14.0. The molecule has 5 heteroatoms. The highest BCUT2D eigenvalue weighted by atomic mass is 35.5. The highest BCUT2D eigenvalue weighted by molar-refractivity contribution is 6.32. The molecule has 0 bridgehead atoms. The quantitative estimate of drug-likeness (QED) is 0.275. The van der Waals surface area contributed by atoms with E-state index < -0.39 is 17.1 Å². The Morgan fingerprint density at radius 3 is 1.74 bits per heavy atom. The zero-order chi connectivity index (χ0) is 24.4. The Labute approximate surface area is 207 Å². The van der Waals surface area contributed by atoms with Gasteiger partial charge in [-0.25, -0.2) is 0 Å². The molecule has 5 rings (SSSR count). The fourth-order valence-electron chi connectivity index (χ4n) is 4.27. The van der Waals surface area contributed by atoms with Crippen LogP contribution in [0.25, 0.3) is 10.9 Å². The van der Waals surface area contributed by atoms with Gasteiger partial charge in [-0.15, -0.1) is 0 Å². The van der Waals surface area contributed by atoms with E-state index in [1.807, 2.05) is 30.3 Å². The number of carbonyl (C=O) groups is 2. The van der Waals surface area contributed by atoms with Crippen molar-refractivity contribution >= 4 is 34.1 Å². The van der Waals surface area contributed by atoms with Crippen LogP contribution in [0.4, 0.5) is 0 Å². The molecule has 0 saturated heterocycles. The molecule has 0 N–H and O–H groups in total. The maximum Gasteiger partial charge on any atom is 0.263 e. The fraction of sp³-hybridized carbons (Fsp3) is 0.0333. The van der Waals surface area contributed by atoms with Crippen LogP contribution < -0.4 is 5.56 Å². The predicted molar refractivity (Wildman–Crippen MR) is 139 cm³/mol. The molecule has 0 atom stereocenters. The Balaban J connectivity index is 1.87. The third kappa shape index (κ3) is 4.32. The van der Waals surface area contributed by atoms with Crippen LogP contribution in [-0.4, -0.2) is 16.1 Å². The monoisotopic (exact) mass is 477 g/mol. The average molecular weight is 478 g/mol. The molecule has 1 heterocycles. The minimum absolute atomic E-state index is 0.0665. The minimum atomic E-state index is -0.517. The minimum Gasteiger partial charge on any atom is -0.303 e. The highest BCUT2D eigenvalue weighted by Gasteiger charge is 2.28. The molecular weight excluding hydrogens is 458 g/mol. The number of ketones is 2. The number of aromatic nitrogens is 1. The van der Waals surface area contributed by atoms with Gasteiger partial charge in [0.15, 0.2) is 11.6 Å². The van der Waals surface area contributed by atoms with Crippen molar-refractivity contribution in [3.8, 4) is 0 Å². The summed E-state index contributed by atoms with van der Waals surface area (Å²) in [6.07, 6.45) is 0. The summed E-state index contributed by atoms with van der Waals surface area (Å²) in [6.45, 7) is 0.243. The van der Waals surface area contributed by atoms with Crippen LogP contribution in [0.1, 0.15) is 37.4 Å². The van der Waals surface area contributed by atoms with Crippen molar-refractivity contribution in [3.63, 3.8) is 0 Å². The first kappa shape index (κ1) is 22.5. The molecule has 4 aromatic carbocycles. The van der Waals surface area contributed by atoms with Gasteiger partial charge in [0, 0.05) is 27.1 Å². The number of halogens is 1. The topological polar surface area (TPSA) is 56.1 Å². The van der Waals surface area contributed by atoms with Crippen molar-refractivity contribution in [2.24, 2.45) is 0 Å². The van der Waals surface area contributed by atoms with Crippen molar-refractivity contribution in [2.45, 2.75) is 6.54 Å². The van der Waals surface area contributed by atoms with Crippen LogP contribution in [0.2, 0.25) is 5.02 Å². The summed E-state index contributed by atoms with van der Waals surface area (Å²) >= 11 is 6.36. The number of nitrogens with zero attached hydrogens (tertiary/aromatic N) is 1. The van der Waals surface area contributed by atoms with Crippen molar-refractivity contribution in [1.82, 2.24) is 4.57 Å². The first-order valence-corrected chi connectivity index (χ1v) is 11.5. The smallest absolute Gasteiger partial charge is 0.263 e. The maximum atomic E-state index is 14.0. The third-order valence-electron chi connectivity index (χ3n) is 5.94. The van der Waals surface area contributed by atoms with E-state index in [9.17, 15) is 14.4 Å². The van der Waals surface area contributed by atoms with Crippen LogP contribution >= 0.6 is 11.6 Å². The SMILES string of the molecule is O=C(c1ccccc1)c1c(C(=O)c2ccccc2)c2cc(Cl)ccc2n(Cc2ccccc2)c1=O. The lowest BCUT2D eigenvalue weighted by molar-refractivity contribution is 0.100. The molecule has 4 nitrogen and oxygen atoms in total. The Kier molecular flexibility index (Phi) is 6.13. The molecule has 170 valence electrons. The predicted octanol–water partition coefficient (Wildman–Crippen LogP) is 6.17. The van der Waals surface area contributed by atoms with Gasteiger partial charge in [-0.3, -0.25) is 14.4 Å². The molecule has 5 aromatic rings. The van der Waals surface area contributed by atoms with Crippen LogP contribution in [-0.2, 0) is 6.54 Å². The highest BCUT2D eigenvalue weighted by Crippen LogP contribution is 2.28. The van der Waals surface area contributed by atoms with E-state index >= 15 is 0 Å². The summed E-state index contributed by atoms with van der Waals surface area (Å²) in [4.78, 5) is 41.6. The summed E-state index contributed by atoms with van der Waals surface area (Å²) < 4.78 is 1.54. The lowest BCUT2D eigenvalue weighted by atomic mass is 9.91. The van der Waals surface area contributed by atoms with Crippen LogP contribution in [0, 0.1) is 0 Å². The van der Waals surface area contributed by atoms with E-state index in [0.717, 1.165) is 5.56 Å². The average Bonchev–Trinajstić information content (AvgIpc) is 2.90. The van der Waals surface area contributed by atoms with E-state index in [4.69, 9.17) is 11.6 Å². The largest absolute Gasteiger partial charge is 0.303 e. The number of carbonyl (C=O) groups excluding carboxylic acids is 2. The fourth-order valence-corrected chi connectivity index (χ4v) is 4.44. The van der Waals surface area contributed by atoms with E-state index in [-0.39, 0.29) is 17.7 Å². The second kappa shape index (κ2) is 9.53. The van der Waals surface area contributed by atoms with Gasteiger partial charge >= 0.3 is 0 Å². The summed E-state index contributed by atoms with van der Waals surface area (Å²) in [5.41, 5.74) is 1.54. The van der Waals surface area contributed by atoms with Crippen LogP contribution in [0.3, 0.4) is 0 Å². The van der Waals surface area contributed by atoms with Gasteiger partial charge < -0.3 is 4.57 Å². The van der Waals surface area contributed by atoms with E-state index in [2.05, 4.69) is 0 Å². The normalized spacial score (nSPS) is 10.9. The van der Waals surface area contributed by atoms with E-state index in [0.29, 0.717) is 27.1 Å². The number of pyridine rings is 1. The van der Waals surface area contributed by atoms with E-state index in [1.54, 1.807) is 83.4 Å². The number of hydrogen-bond donors (Lipinski definition) is 0. The lowest BCUT2D eigenvalue weighted by Gasteiger charge is -2.18. The van der Waals surface area contributed by atoms with Gasteiger partial charge in [0.25, 0.3) is 5.56 Å². The standard InChI is InChI=1S/C30H20ClNO3/c31-23-16-17-25-24(18-23)26(28(33)21-12-6-2-7-13-21)27(29(34)22-14-8-3-9-15-22)30(35)32(25)19-20-10-4-1-5-11-20/h1-18H,19H2. The summed E-state index contributed by atoms with van der Waals surface area (Å²) in [7, 11) is 0. The second-order valence-electron chi connectivity index (χ2n) is 8.18. The van der Waals surface area contributed by atoms with Crippen molar-refractivity contribution in [3.05, 3.63) is 152 Å². The van der Waals surface area contributed by atoms with Gasteiger partial charge in [0.2, 0.25) is 0 Å². The molecular formula is C30H20ClNO3.